The molecule has 3 rings (SSSR count). The highest BCUT2D eigenvalue weighted by molar-refractivity contribution is 7.89. The Morgan fingerprint density at radius 3 is 2.28 bits per heavy atom. The van der Waals surface area contributed by atoms with Crippen LogP contribution in [0.5, 0.6) is 0 Å². The van der Waals surface area contributed by atoms with E-state index in [2.05, 4.69) is 5.32 Å². The summed E-state index contributed by atoms with van der Waals surface area (Å²) in [5.41, 5.74) is 2.80. The van der Waals surface area contributed by atoms with Crippen molar-refractivity contribution in [3.63, 3.8) is 0 Å². The molecule has 2 atom stereocenters. The van der Waals surface area contributed by atoms with Gasteiger partial charge < -0.3 is 10.1 Å². The number of nitrogens with zero attached hydrogens (tertiary/aromatic N) is 1. The van der Waals surface area contributed by atoms with Crippen molar-refractivity contribution in [1.29, 1.82) is 0 Å². The first-order chi connectivity index (χ1) is 13.6. The van der Waals surface area contributed by atoms with E-state index in [4.69, 9.17) is 16.3 Å². The number of rotatable bonds is 4. The Labute approximate surface area is 176 Å². The fourth-order valence-corrected chi connectivity index (χ4v) is 5.60. The minimum absolute atomic E-state index is 0.0744. The number of carbonyl (C=O) groups excluding carboxylic acids is 1. The predicted molar refractivity (Wildman–Crippen MR) is 114 cm³/mol. The zero-order chi connectivity index (χ0) is 21.3. The summed E-state index contributed by atoms with van der Waals surface area (Å²) in [5, 5.41) is 2.96. The van der Waals surface area contributed by atoms with Crippen molar-refractivity contribution in [2.75, 3.05) is 18.4 Å². The summed E-state index contributed by atoms with van der Waals surface area (Å²) in [6.07, 6.45) is -0.439. The van der Waals surface area contributed by atoms with Crippen LogP contribution >= 0.6 is 11.6 Å². The molecular weight excluding hydrogens is 412 g/mol. The number of hydrogen-bond acceptors (Lipinski definition) is 4. The van der Waals surface area contributed by atoms with Gasteiger partial charge in [0.25, 0.3) is 5.91 Å². The van der Waals surface area contributed by atoms with Gasteiger partial charge in [0.05, 0.1) is 17.2 Å². The molecule has 1 saturated heterocycles. The molecule has 1 N–H and O–H groups in total. The van der Waals surface area contributed by atoms with Crippen LogP contribution in [0.3, 0.4) is 0 Å². The molecule has 2 aromatic carbocycles. The van der Waals surface area contributed by atoms with Gasteiger partial charge >= 0.3 is 0 Å². The van der Waals surface area contributed by atoms with Gasteiger partial charge in [0.2, 0.25) is 10.0 Å². The predicted octanol–water partition coefficient (Wildman–Crippen LogP) is 4.01. The number of benzene rings is 2. The third-order valence-electron chi connectivity index (χ3n) is 4.92. The first kappa shape index (κ1) is 21.8. The molecule has 0 bridgehead atoms. The molecule has 0 saturated carbocycles. The third kappa shape index (κ3) is 4.64. The summed E-state index contributed by atoms with van der Waals surface area (Å²) in [6, 6.07) is 10.0. The lowest BCUT2D eigenvalue weighted by Gasteiger charge is -2.34. The average Bonchev–Trinajstić information content (AvgIpc) is 2.64. The number of sulfonamides is 1. The lowest BCUT2D eigenvalue weighted by Crippen LogP contribution is -2.48. The maximum absolute atomic E-state index is 13.2. The number of amides is 1. The van der Waals surface area contributed by atoms with Gasteiger partial charge in [-0.2, -0.15) is 4.31 Å². The quantitative estimate of drug-likeness (QED) is 0.785. The van der Waals surface area contributed by atoms with Gasteiger partial charge in [0.15, 0.2) is 0 Å². The second kappa shape index (κ2) is 8.44. The number of morpholine rings is 1. The van der Waals surface area contributed by atoms with E-state index in [-0.39, 0.29) is 46.7 Å². The number of halogens is 1. The Bertz CT molecular complexity index is 1010. The van der Waals surface area contributed by atoms with E-state index in [1.165, 1.54) is 22.5 Å². The molecule has 156 valence electrons. The maximum Gasteiger partial charge on any atom is 0.255 e. The molecule has 0 aromatic heterocycles. The van der Waals surface area contributed by atoms with Crippen LogP contribution in [0.1, 0.15) is 35.3 Å². The molecule has 1 heterocycles. The highest BCUT2D eigenvalue weighted by atomic mass is 35.5. The van der Waals surface area contributed by atoms with E-state index >= 15 is 0 Å². The standard InChI is InChI=1S/C21H25ClN2O4S/c1-13-6-5-7-14(2)20(13)23-21(25)17-8-9-18(22)19(10-17)29(26,27)24-11-15(3)28-16(4)12-24/h5-10,15-16H,11-12H2,1-4H3,(H,23,25). The Morgan fingerprint density at radius 2 is 1.69 bits per heavy atom. The van der Waals surface area contributed by atoms with Crippen molar-refractivity contribution in [2.45, 2.75) is 44.8 Å². The van der Waals surface area contributed by atoms with Crippen LogP contribution in [0, 0.1) is 13.8 Å². The second-order valence-electron chi connectivity index (χ2n) is 7.45. The number of aryl methyl sites for hydroxylation is 2. The van der Waals surface area contributed by atoms with Crippen molar-refractivity contribution in [1.82, 2.24) is 4.31 Å². The second-order valence-corrected chi connectivity index (χ2v) is 9.76. The summed E-state index contributed by atoms with van der Waals surface area (Å²) < 4.78 is 33.4. The molecular formula is C21H25ClN2O4S. The van der Waals surface area contributed by atoms with Gasteiger partial charge in [-0.15, -0.1) is 0 Å². The van der Waals surface area contributed by atoms with Crippen LogP contribution in [-0.2, 0) is 14.8 Å². The Balaban J connectivity index is 1.92. The van der Waals surface area contributed by atoms with Crippen LogP contribution in [0.4, 0.5) is 5.69 Å². The van der Waals surface area contributed by atoms with E-state index in [9.17, 15) is 13.2 Å². The molecule has 0 spiro atoms. The number of hydrogen-bond donors (Lipinski definition) is 1. The van der Waals surface area contributed by atoms with Crippen molar-refractivity contribution in [2.24, 2.45) is 0 Å². The maximum atomic E-state index is 13.2. The minimum atomic E-state index is -3.86. The molecule has 8 heteroatoms. The molecule has 1 aliphatic rings. The summed E-state index contributed by atoms with van der Waals surface area (Å²) in [4.78, 5) is 12.7. The molecule has 0 aliphatic carbocycles. The lowest BCUT2D eigenvalue weighted by atomic mass is 10.1. The minimum Gasteiger partial charge on any atom is -0.373 e. The summed E-state index contributed by atoms with van der Waals surface area (Å²) in [6.45, 7) is 7.94. The van der Waals surface area contributed by atoms with Gasteiger partial charge in [0.1, 0.15) is 4.90 Å². The fourth-order valence-electron chi connectivity index (χ4n) is 3.51. The van der Waals surface area contributed by atoms with Gasteiger partial charge in [-0.1, -0.05) is 29.8 Å². The lowest BCUT2D eigenvalue weighted by molar-refractivity contribution is -0.0440. The molecule has 2 aromatic rings. The van der Waals surface area contributed by atoms with Crippen molar-refractivity contribution in [3.05, 3.63) is 58.1 Å². The molecule has 0 radical (unpaired) electrons. The van der Waals surface area contributed by atoms with Crippen molar-refractivity contribution in [3.8, 4) is 0 Å². The SMILES string of the molecule is Cc1cccc(C)c1NC(=O)c1ccc(Cl)c(S(=O)(=O)N2CC(C)OC(C)C2)c1. The molecule has 2 unspecified atom stereocenters. The van der Waals surface area contributed by atoms with Gasteiger partial charge in [-0.3, -0.25) is 4.79 Å². The zero-order valence-corrected chi connectivity index (χ0v) is 18.5. The highest BCUT2D eigenvalue weighted by Crippen LogP contribution is 2.29. The molecule has 29 heavy (non-hydrogen) atoms. The highest BCUT2D eigenvalue weighted by Gasteiger charge is 2.33. The Kier molecular flexibility index (Phi) is 6.33. The number of carbonyl (C=O) groups is 1. The smallest absolute Gasteiger partial charge is 0.255 e. The van der Waals surface area contributed by atoms with Crippen molar-refractivity contribution < 1.29 is 17.9 Å². The monoisotopic (exact) mass is 436 g/mol. The van der Waals surface area contributed by atoms with E-state index in [1.54, 1.807) is 0 Å². The number of ether oxygens (including phenoxy) is 1. The van der Waals surface area contributed by atoms with Gasteiger partial charge in [0, 0.05) is 24.3 Å². The molecule has 1 fully saturated rings. The molecule has 1 amide bonds. The number of nitrogens with one attached hydrogen (secondary N) is 1. The van der Waals surface area contributed by atoms with Gasteiger partial charge in [-0.25, -0.2) is 8.42 Å². The summed E-state index contributed by atoms with van der Waals surface area (Å²) in [7, 11) is -3.86. The van der Waals surface area contributed by atoms with Crippen molar-refractivity contribution >= 4 is 33.2 Å². The Hall–Kier alpha value is -1.93. The van der Waals surface area contributed by atoms with E-state index in [0.29, 0.717) is 5.69 Å². The normalized spacial score (nSPS) is 20.4. The van der Waals surface area contributed by atoms with Crippen LogP contribution in [0.15, 0.2) is 41.3 Å². The topological polar surface area (TPSA) is 75.7 Å². The molecule has 1 aliphatic heterocycles. The first-order valence-electron chi connectivity index (χ1n) is 9.42. The first-order valence-corrected chi connectivity index (χ1v) is 11.2. The van der Waals surface area contributed by atoms with Gasteiger partial charge in [-0.05, 0) is 57.0 Å². The summed E-state index contributed by atoms with van der Waals surface area (Å²) >= 11 is 6.22. The average molecular weight is 437 g/mol. The zero-order valence-electron chi connectivity index (χ0n) is 16.9. The number of anilines is 1. The van der Waals surface area contributed by atoms with Crippen LogP contribution in [-0.4, -0.2) is 43.9 Å². The van der Waals surface area contributed by atoms with E-state index in [1.807, 2.05) is 45.9 Å². The summed E-state index contributed by atoms with van der Waals surface area (Å²) in [5.74, 6) is -0.390. The largest absolute Gasteiger partial charge is 0.373 e. The molecule has 6 nitrogen and oxygen atoms in total. The van der Waals surface area contributed by atoms with Crippen LogP contribution in [0.25, 0.3) is 0 Å². The van der Waals surface area contributed by atoms with Crippen LogP contribution < -0.4 is 5.32 Å². The number of para-hydroxylation sites is 1. The Morgan fingerprint density at radius 1 is 1.10 bits per heavy atom. The van der Waals surface area contributed by atoms with E-state index in [0.717, 1.165) is 11.1 Å². The van der Waals surface area contributed by atoms with Crippen LogP contribution in [0.2, 0.25) is 5.02 Å². The third-order valence-corrected chi connectivity index (χ3v) is 7.23. The fraction of sp³-hybridized carbons (Fsp3) is 0.381. The van der Waals surface area contributed by atoms with E-state index < -0.39 is 10.0 Å².